The molecule has 2 unspecified atom stereocenters. The van der Waals surface area contributed by atoms with Gasteiger partial charge in [-0.15, -0.1) is 9.24 Å². The molecule has 2 N–H and O–H groups in total. The van der Waals surface area contributed by atoms with Gasteiger partial charge in [0.15, 0.2) is 0 Å². The van der Waals surface area contributed by atoms with Crippen molar-refractivity contribution in [1.82, 2.24) is 5.32 Å². The summed E-state index contributed by atoms with van der Waals surface area (Å²) in [6.45, 7) is 0. The summed E-state index contributed by atoms with van der Waals surface area (Å²) in [5.41, 5.74) is -0.681. The summed E-state index contributed by atoms with van der Waals surface area (Å²) in [5.74, 6) is -1.24. The molecule has 0 aliphatic heterocycles. The molecule has 0 aromatic heterocycles. The maximum atomic E-state index is 10.5. The van der Waals surface area contributed by atoms with Gasteiger partial charge in [0.25, 0.3) is 0 Å². The zero-order valence-electron chi connectivity index (χ0n) is 5.63. The van der Waals surface area contributed by atoms with E-state index >= 15 is 0 Å². The van der Waals surface area contributed by atoms with Gasteiger partial charge in [-0.1, -0.05) is 0 Å². The highest BCUT2D eigenvalue weighted by molar-refractivity contribution is 7.19. The first-order valence-electron chi connectivity index (χ1n) is 2.77. The molecule has 0 aliphatic carbocycles. The van der Waals surface area contributed by atoms with Crippen molar-refractivity contribution in [2.24, 2.45) is 0 Å². The lowest BCUT2D eigenvalue weighted by atomic mass is 10.3. The highest BCUT2D eigenvalue weighted by atomic mass is 31.0. The summed E-state index contributed by atoms with van der Waals surface area (Å²) in [6, 6.07) is 0. The Balaban J connectivity index is 3.68. The van der Waals surface area contributed by atoms with Crippen LogP contribution in [0.3, 0.4) is 0 Å². The molecule has 0 saturated carbocycles. The van der Waals surface area contributed by atoms with E-state index in [1.54, 1.807) is 0 Å². The molecule has 0 aliphatic rings. The number of amides is 1. The molecule has 0 bridgehead atoms. The van der Waals surface area contributed by atoms with Gasteiger partial charge in [-0.2, -0.15) is 0 Å². The highest BCUT2D eigenvalue weighted by Gasteiger charge is 2.14. The van der Waals surface area contributed by atoms with Crippen LogP contribution in [0.1, 0.15) is 6.42 Å². The minimum Gasteiger partial charge on any atom is -0.481 e. The number of carboxylic acids is 1. The van der Waals surface area contributed by atoms with Gasteiger partial charge in [0.05, 0.1) is 5.66 Å². The molecule has 0 spiro atoms. The van der Waals surface area contributed by atoms with Crippen LogP contribution in [0.15, 0.2) is 0 Å². The number of aliphatic carboxylic acids is 1. The largest absolute Gasteiger partial charge is 0.481 e. The Kier molecular flexibility index (Phi) is 3.96. The van der Waals surface area contributed by atoms with Gasteiger partial charge < -0.3 is 10.4 Å². The smallest absolute Gasteiger partial charge is 0.310 e. The fourth-order valence-electron chi connectivity index (χ4n) is 0.389. The van der Waals surface area contributed by atoms with E-state index in [1.807, 2.05) is 0 Å². The van der Waals surface area contributed by atoms with Crippen LogP contribution >= 0.6 is 9.24 Å². The predicted octanol–water partition coefficient (Wildman–Crippen LogP) is -0.549. The van der Waals surface area contributed by atoms with E-state index in [1.165, 1.54) is 7.05 Å². The molecule has 0 aromatic rings. The summed E-state index contributed by atoms with van der Waals surface area (Å²) in [4.78, 5) is 20.7. The van der Waals surface area contributed by atoms with Crippen molar-refractivity contribution in [3.63, 3.8) is 0 Å². The third kappa shape index (κ3) is 3.41. The van der Waals surface area contributed by atoms with Gasteiger partial charge in [-0.25, -0.2) is 0 Å². The second-order valence-corrected chi connectivity index (χ2v) is 2.63. The number of hydrogen-bond acceptors (Lipinski definition) is 2. The lowest BCUT2D eigenvalue weighted by molar-refractivity contribution is -0.138. The molecule has 5 heteroatoms. The summed E-state index contributed by atoms with van der Waals surface area (Å²) in [6.07, 6.45) is 0.0104. The quantitative estimate of drug-likeness (QED) is 0.548. The summed E-state index contributed by atoms with van der Waals surface area (Å²) < 4.78 is 0. The van der Waals surface area contributed by atoms with E-state index in [-0.39, 0.29) is 12.3 Å². The monoisotopic (exact) mass is 163 g/mol. The minimum absolute atomic E-state index is 0.0104. The summed E-state index contributed by atoms with van der Waals surface area (Å²) in [5, 5.41) is 10.7. The molecule has 1 amide bonds. The van der Waals surface area contributed by atoms with Gasteiger partial charge in [-0.3, -0.25) is 9.59 Å². The summed E-state index contributed by atoms with van der Waals surface area (Å²) >= 11 is 0. The van der Waals surface area contributed by atoms with E-state index in [4.69, 9.17) is 5.11 Å². The van der Waals surface area contributed by atoms with Crippen molar-refractivity contribution < 1.29 is 14.7 Å². The summed E-state index contributed by atoms with van der Waals surface area (Å²) in [7, 11) is 3.56. The Hall–Kier alpha value is -0.630. The fraction of sp³-hybridized carbons (Fsp3) is 0.600. The Labute approximate surface area is 61.2 Å². The van der Waals surface area contributed by atoms with Crippen LogP contribution < -0.4 is 5.32 Å². The number of rotatable bonds is 3. The van der Waals surface area contributed by atoms with E-state index in [0.717, 1.165) is 0 Å². The molecule has 0 radical (unpaired) electrons. The third-order valence-electron chi connectivity index (χ3n) is 1.00. The average Bonchev–Trinajstić information content (AvgIpc) is 1.87. The second-order valence-electron chi connectivity index (χ2n) is 1.82. The molecule has 0 fully saturated rings. The van der Waals surface area contributed by atoms with Crippen molar-refractivity contribution >= 4 is 21.1 Å². The molecule has 0 aromatic carbocycles. The van der Waals surface area contributed by atoms with E-state index < -0.39 is 11.6 Å². The van der Waals surface area contributed by atoms with Crippen molar-refractivity contribution in [3.05, 3.63) is 0 Å². The first kappa shape index (κ1) is 9.37. The van der Waals surface area contributed by atoms with Gasteiger partial charge >= 0.3 is 5.97 Å². The molecule has 10 heavy (non-hydrogen) atoms. The lowest BCUT2D eigenvalue weighted by Crippen LogP contribution is -2.25. The Morgan fingerprint density at radius 1 is 1.70 bits per heavy atom. The molecule has 4 nitrogen and oxygen atoms in total. The first-order chi connectivity index (χ1) is 4.57. The van der Waals surface area contributed by atoms with E-state index in [0.29, 0.717) is 0 Å². The van der Waals surface area contributed by atoms with Crippen LogP contribution in [-0.4, -0.2) is 29.7 Å². The van der Waals surface area contributed by atoms with Crippen molar-refractivity contribution in [2.45, 2.75) is 12.1 Å². The molecule has 0 rings (SSSR count). The van der Waals surface area contributed by atoms with Crippen LogP contribution in [0, 0.1) is 0 Å². The van der Waals surface area contributed by atoms with Gasteiger partial charge in [-0.05, 0) is 0 Å². The number of carbonyl (C=O) groups is 2. The SMILES string of the molecule is CNC(=O)CC(P)C(=O)O. The standard InChI is InChI=1S/C5H10NO3P/c1-6-4(7)2-3(10)5(8)9/h3H,2,10H2,1H3,(H,6,7)(H,8,9). The fourth-order valence-corrected chi connectivity index (χ4v) is 0.603. The Morgan fingerprint density at radius 2 is 2.20 bits per heavy atom. The van der Waals surface area contributed by atoms with Crippen molar-refractivity contribution in [3.8, 4) is 0 Å². The van der Waals surface area contributed by atoms with Gasteiger partial charge in [0.2, 0.25) is 5.91 Å². The predicted molar refractivity (Wildman–Crippen MR) is 39.8 cm³/mol. The van der Waals surface area contributed by atoms with Gasteiger partial charge in [0.1, 0.15) is 0 Å². The van der Waals surface area contributed by atoms with Crippen LogP contribution in [0.2, 0.25) is 0 Å². The second kappa shape index (κ2) is 4.23. The minimum atomic E-state index is -0.978. The van der Waals surface area contributed by atoms with E-state index in [9.17, 15) is 9.59 Å². The van der Waals surface area contributed by atoms with Gasteiger partial charge in [0, 0.05) is 13.5 Å². The molecule has 0 heterocycles. The molecule has 0 saturated heterocycles. The zero-order valence-corrected chi connectivity index (χ0v) is 6.78. The normalized spacial score (nSPS) is 12.2. The lowest BCUT2D eigenvalue weighted by Gasteiger charge is -2.02. The molecule has 2 atom stereocenters. The maximum absolute atomic E-state index is 10.5. The molecule has 58 valence electrons. The molecular weight excluding hydrogens is 153 g/mol. The Bertz CT molecular complexity index is 148. The van der Waals surface area contributed by atoms with Crippen molar-refractivity contribution in [2.75, 3.05) is 7.05 Å². The van der Waals surface area contributed by atoms with Crippen LogP contribution in [0.5, 0.6) is 0 Å². The van der Waals surface area contributed by atoms with E-state index in [2.05, 4.69) is 14.6 Å². The van der Waals surface area contributed by atoms with Crippen LogP contribution in [0.25, 0.3) is 0 Å². The highest BCUT2D eigenvalue weighted by Crippen LogP contribution is 2.04. The first-order valence-corrected chi connectivity index (χ1v) is 3.43. The third-order valence-corrected chi connectivity index (χ3v) is 1.52. The molecular formula is C5H10NO3P. The number of carbonyl (C=O) groups excluding carboxylic acids is 1. The number of hydrogen-bond donors (Lipinski definition) is 2. The zero-order chi connectivity index (χ0) is 8.15. The Morgan fingerprint density at radius 3 is 2.50 bits per heavy atom. The maximum Gasteiger partial charge on any atom is 0.310 e. The number of nitrogens with one attached hydrogen (secondary N) is 1. The van der Waals surface area contributed by atoms with Crippen LogP contribution in [-0.2, 0) is 9.59 Å². The number of carboxylic acid groups (broad SMARTS) is 1. The van der Waals surface area contributed by atoms with Crippen LogP contribution in [0.4, 0.5) is 0 Å². The topological polar surface area (TPSA) is 66.4 Å². The average molecular weight is 163 g/mol. The van der Waals surface area contributed by atoms with Crippen molar-refractivity contribution in [1.29, 1.82) is 0 Å².